The van der Waals surface area contributed by atoms with Gasteiger partial charge in [0, 0.05) is 22.9 Å². The van der Waals surface area contributed by atoms with E-state index in [1.165, 1.54) is 10.9 Å². The van der Waals surface area contributed by atoms with Gasteiger partial charge >= 0.3 is 0 Å². The lowest BCUT2D eigenvalue weighted by Gasteiger charge is -2.63. The Labute approximate surface area is 234 Å². The van der Waals surface area contributed by atoms with E-state index >= 15 is 0 Å². The molecule has 38 heavy (non-hydrogen) atoms. The second-order valence-electron chi connectivity index (χ2n) is 9.60. The molecule has 6 nitrogen and oxygen atoms in total. The summed E-state index contributed by atoms with van der Waals surface area (Å²) in [6.45, 7) is -0.316. The largest absolute Gasteiger partial charge is 0.502 e. The van der Waals surface area contributed by atoms with Crippen LogP contribution in [0.15, 0.2) is 70.5 Å². The maximum Gasteiger partial charge on any atom is 0.277 e. The molecule has 0 fully saturated rings. The van der Waals surface area contributed by atoms with Gasteiger partial charge in [-0.3, -0.25) is 19.3 Å². The summed E-state index contributed by atoms with van der Waals surface area (Å²) in [5, 5.41) is 7.73. The van der Waals surface area contributed by atoms with Gasteiger partial charge in [-0.1, -0.05) is 42.5 Å². The molecule has 0 spiro atoms. The first-order chi connectivity index (χ1) is 17.8. The summed E-state index contributed by atoms with van der Waals surface area (Å²) in [7, 11) is 42.7. The topological polar surface area (TPSA) is 65.8 Å². The van der Waals surface area contributed by atoms with E-state index in [1.807, 2.05) is 48.5 Å². The van der Waals surface area contributed by atoms with Crippen LogP contribution in [0.5, 0.6) is 5.75 Å². The monoisotopic (exact) mass is 503 g/mol. The van der Waals surface area contributed by atoms with Gasteiger partial charge in [0.25, 0.3) is 5.91 Å². The van der Waals surface area contributed by atoms with Crippen LogP contribution in [0.4, 0.5) is 0 Å². The molecule has 1 aromatic heterocycles. The number of amides is 1. The third kappa shape index (κ3) is 3.98. The Bertz CT molecular complexity index is 1430. The number of rotatable bonds is 4. The zero-order valence-corrected chi connectivity index (χ0v) is 21.1. The summed E-state index contributed by atoms with van der Waals surface area (Å²) in [5.41, 5.74) is -0.779. The molecule has 0 saturated heterocycles. The average molecular weight is 502 g/mol. The first-order valence-corrected chi connectivity index (χ1v) is 12.6. The van der Waals surface area contributed by atoms with Crippen LogP contribution in [0.3, 0.4) is 0 Å². The Morgan fingerprint density at radius 2 is 1.45 bits per heavy atom. The highest BCUT2D eigenvalue weighted by Crippen LogP contribution is 2.48. The van der Waals surface area contributed by atoms with Crippen molar-refractivity contribution < 1.29 is 9.90 Å². The zero-order chi connectivity index (χ0) is 27.6. The van der Waals surface area contributed by atoms with Crippen molar-refractivity contribution in [2.24, 2.45) is 0 Å². The van der Waals surface area contributed by atoms with Crippen LogP contribution in [0.2, 0.25) is 10.2 Å². The van der Waals surface area contributed by atoms with Crippen LogP contribution in [0.1, 0.15) is 33.2 Å². The minimum Gasteiger partial charge on any atom is -0.502 e. The van der Waals surface area contributed by atoms with Crippen molar-refractivity contribution in [1.29, 1.82) is 0 Å². The third-order valence-electron chi connectivity index (χ3n) is 7.06. The van der Waals surface area contributed by atoms with E-state index in [1.54, 1.807) is 16.8 Å². The molecular weight excluding hydrogens is 486 g/mol. The maximum atomic E-state index is 13.9. The van der Waals surface area contributed by atoms with E-state index in [-0.39, 0.29) is 6.67 Å². The minimum absolute atomic E-state index is 0.316. The Kier molecular flexibility index (Phi) is 6.49. The number of fused-ring (bicyclic) bond motifs is 3. The van der Waals surface area contributed by atoms with Crippen molar-refractivity contribution in [3.05, 3.63) is 93.4 Å². The normalized spacial score (nSPS) is 17.8. The molecule has 3 heterocycles. The standard InChI is InChI=1S/C24H16B7N3O3S/c25-22(23(26,27)28,24(29,30)31)32-12-34(33-10-9-16(35)20(36)19(33)21(32)37)18-14-6-2-1-5-13(14)11-38-17-8-4-3-7-15(17)18/h1-10,18,36H,11-12H2. The summed E-state index contributed by atoms with van der Waals surface area (Å²) in [6, 6.07) is 16.3. The second-order valence-corrected chi connectivity index (χ2v) is 10.6. The van der Waals surface area contributed by atoms with E-state index in [4.69, 9.17) is 54.9 Å². The minimum atomic E-state index is -2.46. The van der Waals surface area contributed by atoms with Gasteiger partial charge in [-0.2, -0.15) is 0 Å². The highest BCUT2D eigenvalue weighted by Gasteiger charge is 2.53. The Hall–Kier alpha value is -2.74. The molecule has 0 aliphatic carbocycles. The number of hydrogen-bond donors (Lipinski definition) is 1. The van der Waals surface area contributed by atoms with Crippen molar-refractivity contribution in [1.82, 2.24) is 9.58 Å². The van der Waals surface area contributed by atoms with E-state index in [2.05, 4.69) is 0 Å². The number of nitrogens with zero attached hydrogens (tertiary/aromatic N) is 3. The third-order valence-corrected chi connectivity index (χ3v) is 8.19. The van der Waals surface area contributed by atoms with Crippen LogP contribution in [0, 0.1) is 0 Å². The molecule has 0 saturated carbocycles. The molecule has 5 rings (SSSR count). The Morgan fingerprint density at radius 1 is 0.842 bits per heavy atom. The summed E-state index contributed by atoms with van der Waals surface area (Å²) in [4.78, 5) is 28.3. The molecule has 0 bridgehead atoms. The fourth-order valence-electron chi connectivity index (χ4n) is 5.07. The second kappa shape index (κ2) is 9.18. The summed E-state index contributed by atoms with van der Waals surface area (Å²) in [5.74, 6) is -1.06. The lowest BCUT2D eigenvalue weighted by atomic mass is 9.17. The van der Waals surface area contributed by atoms with Gasteiger partial charge in [0.15, 0.2) is 11.4 Å². The van der Waals surface area contributed by atoms with Crippen molar-refractivity contribution in [3.8, 4) is 5.75 Å². The van der Waals surface area contributed by atoms with E-state index < -0.39 is 44.5 Å². The summed E-state index contributed by atoms with van der Waals surface area (Å²) < 4.78 is 1.40. The maximum absolute atomic E-state index is 13.9. The molecular formula is C24H16B7N3O3S. The molecule has 2 aliphatic heterocycles. The number of benzene rings is 2. The smallest absolute Gasteiger partial charge is 0.277 e. The molecule has 1 unspecified atom stereocenters. The van der Waals surface area contributed by atoms with Gasteiger partial charge < -0.3 is 10.0 Å². The number of aromatic hydroxyl groups is 1. The SMILES string of the molecule is [B]C([B])([B])C([B])(N1CN(C2c3ccccc3CSc3ccccc32)n2ccc(=O)c(O)c2C1=O)C([B])([B])[B]. The van der Waals surface area contributed by atoms with Gasteiger partial charge in [-0.15, -0.1) is 22.0 Å². The van der Waals surface area contributed by atoms with Crippen molar-refractivity contribution >= 4 is 72.6 Å². The van der Waals surface area contributed by atoms with Crippen molar-refractivity contribution in [2.75, 3.05) is 11.7 Å². The lowest BCUT2D eigenvalue weighted by Crippen LogP contribution is -2.71. The number of carbonyl (C=O) groups is 1. The molecule has 1 N–H and O–H groups in total. The zero-order valence-electron chi connectivity index (χ0n) is 20.3. The fourth-order valence-corrected chi connectivity index (χ4v) is 6.17. The average Bonchev–Trinajstić information content (AvgIpc) is 3.01. The number of carbonyl (C=O) groups excluding carboxylic acids is 1. The van der Waals surface area contributed by atoms with Crippen molar-refractivity contribution in [3.63, 3.8) is 0 Å². The van der Waals surface area contributed by atoms with Crippen LogP contribution in [-0.4, -0.2) is 87.6 Å². The van der Waals surface area contributed by atoms with Gasteiger partial charge in [0.05, 0.1) is 61.0 Å². The number of aromatic nitrogens is 1. The molecule has 1 atom stereocenters. The predicted octanol–water partition coefficient (Wildman–Crippen LogP) is 0.324. The van der Waals surface area contributed by atoms with Crippen LogP contribution >= 0.6 is 11.8 Å². The van der Waals surface area contributed by atoms with Crippen LogP contribution < -0.4 is 10.4 Å². The van der Waals surface area contributed by atoms with E-state index in [9.17, 15) is 14.7 Å². The molecule has 14 radical (unpaired) electrons. The van der Waals surface area contributed by atoms with Gasteiger partial charge in [-0.25, -0.2) is 0 Å². The number of hydrogen-bond acceptors (Lipinski definition) is 5. The highest BCUT2D eigenvalue weighted by molar-refractivity contribution is 7.98. The predicted molar refractivity (Wildman–Crippen MR) is 154 cm³/mol. The molecule has 14 heteroatoms. The van der Waals surface area contributed by atoms with E-state index in [0.29, 0.717) is 5.75 Å². The summed E-state index contributed by atoms with van der Waals surface area (Å²) >= 11 is 1.66. The Morgan fingerprint density at radius 3 is 2.11 bits per heavy atom. The fraction of sp³-hybridized carbons (Fsp3) is 0.250. The quantitative estimate of drug-likeness (QED) is 0.522. The van der Waals surface area contributed by atoms with E-state index in [0.717, 1.165) is 32.6 Å². The first kappa shape index (κ1) is 26.9. The van der Waals surface area contributed by atoms with Crippen LogP contribution in [0.25, 0.3) is 0 Å². The summed E-state index contributed by atoms with van der Waals surface area (Å²) in [6.07, 6.45) is 1.40. The molecule has 1 amide bonds. The van der Waals surface area contributed by atoms with Gasteiger partial charge in [-0.05, 0) is 28.2 Å². The highest BCUT2D eigenvalue weighted by atomic mass is 32.2. The number of pyridine rings is 1. The lowest BCUT2D eigenvalue weighted by molar-refractivity contribution is 0.0526. The van der Waals surface area contributed by atoms with Gasteiger partial charge in [0.2, 0.25) is 5.43 Å². The Balaban J connectivity index is 1.82. The molecule has 172 valence electrons. The number of thioether (sulfide) groups is 1. The molecule has 3 aromatic rings. The first-order valence-electron chi connectivity index (χ1n) is 11.6. The molecule has 2 aromatic carbocycles. The van der Waals surface area contributed by atoms with Crippen LogP contribution in [-0.2, 0) is 5.75 Å². The van der Waals surface area contributed by atoms with Gasteiger partial charge in [0.1, 0.15) is 6.67 Å². The van der Waals surface area contributed by atoms with Crippen molar-refractivity contribution in [2.45, 2.75) is 32.4 Å². The molecule has 2 aliphatic rings.